The number of nitrogens with one attached hydrogen (secondary N) is 1. The topological polar surface area (TPSA) is 68.7 Å². The Labute approximate surface area is 201 Å². The Hall–Kier alpha value is -3.42. The van der Waals surface area contributed by atoms with Gasteiger partial charge in [0, 0.05) is 29.6 Å². The van der Waals surface area contributed by atoms with Crippen LogP contribution in [0.5, 0.6) is 11.5 Å². The number of ether oxygens (including phenoxy) is 3. The number of hydrogen-bond acceptors (Lipinski definition) is 7. The standard InChI is InChI=1S/C27H32N4O3/c1-3-31(4-2)14-17-34-26-11-10-23-18-22(26)20-32-15-5-6-16-33-24-9-7-8-21(19-24)25-12-13-28-27(29-23)30-25/h5-13,18-19H,3-4,14-17,20H2,1-2H3,(H,28,29,30). The highest BCUT2D eigenvalue weighted by Crippen LogP contribution is 2.27. The third-order valence-corrected chi connectivity index (χ3v) is 5.65. The van der Waals surface area contributed by atoms with Crippen LogP contribution in [-0.4, -0.2) is 54.3 Å². The van der Waals surface area contributed by atoms with Crippen LogP contribution in [0.4, 0.5) is 11.6 Å². The molecule has 1 aromatic heterocycles. The lowest BCUT2D eigenvalue weighted by atomic mass is 10.1. The molecule has 4 rings (SSSR count). The Morgan fingerprint density at radius 1 is 1.03 bits per heavy atom. The molecule has 1 aliphatic rings. The van der Waals surface area contributed by atoms with Gasteiger partial charge >= 0.3 is 0 Å². The summed E-state index contributed by atoms with van der Waals surface area (Å²) in [5.41, 5.74) is 3.64. The molecule has 2 heterocycles. The van der Waals surface area contributed by atoms with E-state index in [9.17, 15) is 0 Å². The van der Waals surface area contributed by atoms with Gasteiger partial charge in [0.05, 0.1) is 18.9 Å². The van der Waals surface area contributed by atoms with Gasteiger partial charge in [0.15, 0.2) is 0 Å². The van der Waals surface area contributed by atoms with Crippen molar-refractivity contribution in [1.82, 2.24) is 14.9 Å². The normalized spacial score (nSPS) is 13.6. The SMILES string of the molecule is CCN(CC)CCOc1ccc2cc1COCC=CCOc1cccc(c1)-c1ccnc(n1)N2. The zero-order valence-electron chi connectivity index (χ0n) is 19.9. The van der Waals surface area contributed by atoms with Gasteiger partial charge in [-0.3, -0.25) is 0 Å². The van der Waals surface area contributed by atoms with Crippen molar-refractivity contribution < 1.29 is 14.2 Å². The summed E-state index contributed by atoms with van der Waals surface area (Å²) in [7, 11) is 0. The molecule has 0 amide bonds. The number of anilines is 2. The van der Waals surface area contributed by atoms with Gasteiger partial charge < -0.3 is 24.4 Å². The van der Waals surface area contributed by atoms with Crippen LogP contribution >= 0.6 is 0 Å². The Balaban J connectivity index is 1.58. The Morgan fingerprint density at radius 3 is 2.79 bits per heavy atom. The van der Waals surface area contributed by atoms with Crippen molar-refractivity contribution in [3.63, 3.8) is 0 Å². The molecule has 34 heavy (non-hydrogen) atoms. The summed E-state index contributed by atoms with van der Waals surface area (Å²) in [4.78, 5) is 11.4. The van der Waals surface area contributed by atoms with E-state index in [1.54, 1.807) is 6.20 Å². The second kappa shape index (κ2) is 12.2. The van der Waals surface area contributed by atoms with Gasteiger partial charge in [0.2, 0.25) is 5.95 Å². The van der Waals surface area contributed by atoms with Gasteiger partial charge in [0.25, 0.3) is 0 Å². The second-order valence-electron chi connectivity index (χ2n) is 7.91. The summed E-state index contributed by atoms with van der Waals surface area (Å²) in [5.74, 6) is 2.14. The van der Waals surface area contributed by atoms with Crippen LogP contribution in [0, 0.1) is 0 Å². The molecule has 0 aliphatic carbocycles. The fraction of sp³-hybridized carbons (Fsp3) is 0.333. The summed E-state index contributed by atoms with van der Waals surface area (Å²) < 4.78 is 17.9. The molecule has 0 atom stereocenters. The Bertz CT molecular complexity index is 1100. The summed E-state index contributed by atoms with van der Waals surface area (Å²) in [6.45, 7) is 9.26. The maximum atomic E-state index is 6.12. The molecular weight excluding hydrogens is 428 g/mol. The van der Waals surface area contributed by atoms with Gasteiger partial charge in [-0.25, -0.2) is 9.97 Å². The number of benzene rings is 2. The summed E-state index contributed by atoms with van der Waals surface area (Å²) >= 11 is 0. The van der Waals surface area contributed by atoms with Crippen molar-refractivity contribution in [2.75, 3.05) is 44.8 Å². The first-order chi connectivity index (χ1) is 16.7. The van der Waals surface area contributed by atoms with E-state index in [0.29, 0.717) is 32.4 Å². The highest BCUT2D eigenvalue weighted by molar-refractivity contribution is 5.64. The fourth-order valence-corrected chi connectivity index (χ4v) is 3.71. The quantitative estimate of drug-likeness (QED) is 0.515. The van der Waals surface area contributed by atoms with E-state index in [2.05, 4.69) is 29.0 Å². The molecular formula is C27H32N4O3. The maximum absolute atomic E-state index is 6.12. The first kappa shape index (κ1) is 23.7. The van der Waals surface area contributed by atoms with E-state index in [1.807, 2.05) is 60.7 Å². The number of rotatable bonds is 6. The highest BCUT2D eigenvalue weighted by Gasteiger charge is 2.10. The molecule has 0 saturated heterocycles. The minimum Gasteiger partial charge on any atom is -0.492 e. The Morgan fingerprint density at radius 2 is 1.91 bits per heavy atom. The van der Waals surface area contributed by atoms with Crippen LogP contribution in [0.3, 0.4) is 0 Å². The van der Waals surface area contributed by atoms with Gasteiger partial charge in [-0.05, 0) is 55.6 Å². The van der Waals surface area contributed by atoms with Crippen LogP contribution < -0.4 is 14.8 Å². The summed E-state index contributed by atoms with van der Waals surface area (Å²) in [6, 6.07) is 15.8. The molecule has 0 unspecified atom stereocenters. The molecule has 6 bridgehead atoms. The van der Waals surface area contributed by atoms with Crippen molar-refractivity contribution in [3.05, 3.63) is 72.4 Å². The minimum atomic E-state index is 0.434. The van der Waals surface area contributed by atoms with Gasteiger partial charge in [-0.2, -0.15) is 0 Å². The lowest BCUT2D eigenvalue weighted by molar-refractivity contribution is 0.143. The first-order valence-electron chi connectivity index (χ1n) is 11.8. The van der Waals surface area contributed by atoms with E-state index in [0.717, 1.165) is 53.6 Å². The lowest BCUT2D eigenvalue weighted by Gasteiger charge is -2.19. The smallest absolute Gasteiger partial charge is 0.227 e. The predicted molar refractivity (Wildman–Crippen MR) is 135 cm³/mol. The zero-order chi connectivity index (χ0) is 23.6. The van der Waals surface area contributed by atoms with Crippen LogP contribution in [-0.2, 0) is 11.3 Å². The molecule has 178 valence electrons. The average molecular weight is 461 g/mol. The number of nitrogens with zero attached hydrogens (tertiary/aromatic N) is 3. The molecule has 0 saturated carbocycles. The molecule has 2 aromatic carbocycles. The van der Waals surface area contributed by atoms with Crippen LogP contribution in [0.25, 0.3) is 11.3 Å². The molecule has 7 nitrogen and oxygen atoms in total. The molecule has 1 aliphatic heterocycles. The van der Waals surface area contributed by atoms with Gasteiger partial charge in [-0.1, -0.05) is 32.1 Å². The predicted octanol–water partition coefficient (Wildman–Crippen LogP) is 5.07. The van der Waals surface area contributed by atoms with Gasteiger partial charge in [0.1, 0.15) is 24.7 Å². The molecule has 3 aromatic rings. The van der Waals surface area contributed by atoms with Gasteiger partial charge in [-0.15, -0.1) is 0 Å². The lowest BCUT2D eigenvalue weighted by Crippen LogP contribution is -2.28. The maximum Gasteiger partial charge on any atom is 0.227 e. The average Bonchev–Trinajstić information content (AvgIpc) is 2.87. The molecule has 0 radical (unpaired) electrons. The highest BCUT2D eigenvalue weighted by atomic mass is 16.5. The van der Waals surface area contributed by atoms with E-state index in [-0.39, 0.29) is 0 Å². The van der Waals surface area contributed by atoms with E-state index in [1.165, 1.54) is 0 Å². The Kier molecular flexibility index (Phi) is 8.48. The summed E-state index contributed by atoms with van der Waals surface area (Å²) in [5, 5.41) is 3.32. The van der Waals surface area contributed by atoms with Crippen molar-refractivity contribution in [2.45, 2.75) is 20.5 Å². The molecule has 7 heteroatoms. The van der Waals surface area contributed by atoms with Crippen molar-refractivity contribution in [3.8, 4) is 22.8 Å². The number of fused-ring (bicyclic) bond motifs is 7. The largest absolute Gasteiger partial charge is 0.492 e. The monoisotopic (exact) mass is 460 g/mol. The zero-order valence-corrected chi connectivity index (χ0v) is 19.9. The summed E-state index contributed by atoms with van der Waals surface area (Å²) in [6.07, 6.45) is 5.69. The second-order valence-corrected chi connectivity index (χ2v) is 7.91. The molecule has 0 spiro atoms. The van der Waals surface area contributed by atoms with E-state index in [4.69, 9.17) is 19.2 Å². The number of hydrogen-bond donors (Lipinski definition) is 1. The molecule has 1 N–H and O–H groups in total. The van der Waals surface area contributed by atoms with Crippen LogP contribution in [0.1, 0.15) is 19.4 Å². The van der Waals surface area contributed by atoms with Crippen molar-refractivity contribution >= 4 is 11.6 Å². The third kappa shape index (κ3) is 6.56. The molecule has 0 fully saturated rings. The number of likely N-dealkylation sites (N-methyl/N-ethyl adjacent to an activating group) is 1. The fourth-order valence-electron chi connectivity index (χ4n) is 3.71. The van der Waals surface area contributed by atoms with Crippen molar-refractivity contribution in [2.24, 2.45) is 0 Å². The van der Waals surface area contributed by atoms with Crippen LogP contribution in [0.2, 0.25) is 0 Å². The minimum absolute atomic E-state index is 0.434. The van der Waals surface area contributed by atoms with E-state index < -0.39 is 0 Å². The van der Waals surface area contributed by atoms with E-state index >= 15 is 0 Å². The third-order valence-electron chi connectivity index (χ3n) is 5.65. The van der Waals surface area contributed by atoms with Crippen molar-refractivity contribution in [1.29, 1.82) is 0 Å². The number of aromatic nitrogens is 2. The first-order valence-corrected chi connectivity index (χ1v) is 11.8. The van der Waals surface area contributed by atoms with Crippen LogP contribution in [0.15, 0.2) is 66.9 Å².